The van der Waals surface area contributed by atoms with Crippen molar-refractivity contribution in [2.45, 2.75) is 283 Å². The van der Waals surface area contributed by atoms with E-state index in [-0.39, 0.29) is 18.5 Å². The zero-order chi connectivity index (χ0) is 42.3. The molecule has 0 aliphatic rings. The number of nitrogens with one attached hydrogen (secondary N) is 1. The maximum atomic E-state index is 12.4. The molecule has 0 heterocycles. The second kappa shape index (κ2) is 48.0. The molecular formula is C52H99NO5. The Morgan fingerprint density at radius 3 is 1.22 bits per heavy atom. The van der Waals surface area contributed by atoms with Crippen molar-refractivity contribution < 1.29 is 24.5 Å². The van der Waals surface area contributed by atoms with Crippen molar-refractivity contribution in [1.82, 2.24) is 5.32 Å². The molecule has 0 aliphatic carbocycles. The van der Waals surface area contributed by atoms with E-state index in [9.17, 15) is 19.8 Å². The van der Waals surface area contributed by atoms with Crippen LogP contribution in [0.1, 0.15) is 271 Å². The molecule has 6 nitrogen and oxygen atoms in total. The maximum Gasteiger partial charge on any atom is 0.305 e. The van der Waals surface area contributed by atoms with Crippen molar-refractivity contribution in [1.29, 1.82) is 0 Å². The van der Waals surface area contributed by atoms with Crippen LogP contribution in [0.15, 0.2) is 24.3 Å². The molecule has 0 rings (SSSR count). The van der Waals surface area contributed by atoms with E-state index in [0.717, 1.165) is 57.8 Å². The molecule has 0 fully saturated rings. The third-order valence-corrected chi connectivity index (χ3v) is 11.7. The van der Waals surface area contributed by atoms with Crippen molar-refractivity contribution in [2.75, 3.05) is 13.2 Å². The molecule has 0 radical (unpaired) electrons. The number of amides is 1. The molecule has 0 aromatic rings. The first-order chi connectivity index (χ1) is 28.5. The first-order valence-electron chi connectivity index (χ1n) is 25.6. The van der Waals surface area contributed by atoms with Gasteiger partial charge in [-0.1, -0.05) is 224 Å². The molecule has 2 atom stereocenters. The Bertz CT molecular complexity index is 904. The zero-order valence-electron chi connectivity index (χ0n) is 38.8. The van der Waals surface area contributed by atoms with Gasteiger partial charge in [-0.05, 0) is 57.8 Å². The van der Waals surface area contributed by atoms with Gasteiger partial charge in [-0.25, -0.2) is 0 Å². The highest BCUT2D eigenvalue weighted by atomic mass is 16.5. The highest BCUT2D eigenvalue weighted by molar-refractivity contribution is 5.76. The van der Waals surface area contributed by atoms with Gasteiger partial charge in [-0.15, -0.1) is 0 Å². The maximum absolute atomic E-state index is 12.4. The Kier molecular flexibility index (Phi) is 46.6. The molecule has 0 bridgehead atoms. The van der Waals surface area contributed by atoms with Crippen molar-refractivity contribution in [2.24, 2.45) is 0 Å². The number of hydrogen-bond acceptors (Lipinski definition) is 5. The summed E-state index contributed by atoms with van der Waals surface area (Å²) >= 11 is 0. The van der Waals surface area contributed by atoms with Crippen LogP contribution >= 0.6 is 0 Å². The summed E-state index contributed by atoms with van der Waals surface area (Å²) in [5.74, 6) is -0.0916. The van der Waals surface area contributed by atoms with E-state index in [4.69, 9.17) is 4.74 Å². The highest BCUT2D eigenvalue weighted by Gasteiger charge is 2.18. The Morgan fingerprint density at radius 1 is 0.466 bits per heavy atom. The van der Waals surface area contributed by atoms with Gasteiger partial charge < -0.3 is 20.3 Å². The van der Waals surface area contributed by atoms with Crippen LogP contribution in [-0.2, 0) is 14.3 Å². The molecule has 3 N–H and O–H groups in total. The van der Waals surface area contributed by atoms with Crippen molar-refractivity contribution in [3.05, 3.63) is 24.3 Å². The lowest BCUT2D eigenvalue weighted by Crippen LogP contribution is -2.45. The summed E-state index contributed by atoms with van der Waals surface area (Å²) in [6.45, 7) is 4.86. The standard InChI is InChI=1S/C52H99NO5/c1-3-5-7-9-11-13-15-16-17-18-22-26-30-34-38-42-46-52(57)58-47-43-39-35-31-27-23-20-19-21-25-29-33-37-41-45-51(56)53-49(48-54)50(55)44-40-36-32-28-24-14-12-10-8-6-4-2/h17-18,40,44,49-50,54-55H,3-16,19-39,41-43,45-48H2,1-2H3,(H,53,56)/b18-17-,44-40+. The van der Waals surface area contributed by atoms with Crippen molar-refractivity contribution in [3.8, 4) is 0 Å². The number of rotatable bonds is 47. The number of carbonyl (C=O) groups is 2. The van der Waals surface area contributed by atoms with Crippen LogP contribution in [0.3, 0.4) is 0 Å². The average Bonchev–Trinajstić information content (AvgIpc) is 3.22. The summed E-state index contributed by atoms with van der Waals surface area (Å²) in [7, 11) is 0. The van der Waals surface area contributed by atoms with E-state index < -0.39 is 12.1 Å². The van der Waals surface area contributed by atoms with E-state index in [1.807, 2.05) is 6.08 Å². The Morgan fingerprint density at radius 2 is 0.810 bits per heavy atom. The molecule has 0 saturated heterocycles. The third kappa shape index (κ3) is 43.9. The summed E-state index contributed by atoms with van der Waals surface area (Å²) in [5.41, 5.74) is 0. The largest absolute Gasteiger partial charge is 0.466 e. The number of aliphatic hydroxyl groups is 2. The van der Waals surface area contributed by atoms with E-state index in [0.29, 0.717) is 19.4 Å². The van der Waals surface area contributed by atoms with Gasteiger partial charge in [0.2, 0.25) is 5.91 Å². The number of ether oxygens (including phenoxy) is 1. The molecule has 2 unspecified atom stereocenters. The first-order valence-corrected chi connectivity index (χ1v) is 25.6. The second-order valence-corrected chi connectivity index (χ2v) is 17.5. The minimum atomic E-state index is -0.850. The molecular weight excluding hydrogens is 719 g/mol. The molecule has 0 aromatic carbocycles. The van der Waals surface area contributed by atoms with Crippen molar-refractivity contribution >= 4 is 11.9 Å². The number of hydrogen-bond donors (Lipinski definition) is 3. The smallest absolute Gasteiger partial charge is 0.305 e. The first kappa shape index (κ1) is 56.3. The van der Waals surface area contributed by atoms with Gasteiger partial charge in [-0.2, -0.15) is 0 Å². The summed E-state index contributed by atoms with van der Waals surface area (Å²) < 4.78 is 5.46. The monoisotopic (exact) mass is 818 g/mol. The molecule has 0 aliphatic heterocycles. The predicted octanol–water partition coefficient (Wildman–Crippen LogP) is 15.1. The van der Waals surface area contributed by atoms with Crippen molar-refractivity contribution in [3.63, 3.8) is 0 Å². The Balaban J connectivity index is 3.45. The molecule has 0 saturated carbocycles. The van der Waals surface area contributed by atoms with Crippen LogP contribution in [0.5, 0.6) is 0 Å². The van der Waals surface area contributed by atoms with Crippen LogP contribution in [0.2, 0.25) is 0 Å². The summed E-state index contributed by atoms with van der Waals surface area (Å²) in [6, 6.07) is -0.634. The van der Waals surface area contributed by atoms with Crippen LogP contribution in [0, 0.1) is 0 Å². The SMILES string of the molecule is CCCCCCCCC/C=C\CCCCCCCC(=O)OCCCCCCCCCCCCCCCCC(=O)NC(CO)C(O)/C=C/CCCCCCCCCCC. The fourth-order valence-corrected chi connectivity index (χ4v) is 7.74. The van der Waals surface area contributed by atoms with Gasteiger partial charge >= 0.3 is 5.97 Å². The van der Waals surface area contributed by atoms with Gasteiger partial charge in [-0.3, -0.25) is 9.59 Å². The third-order valence-electron chi connectivity index (χ3n) is 11.7. The van der Waals surface area contributed by atoms with E-state index >= 15 is 0 Å². The average molecular weight is 818 g/mol. The van der Waals surface area contributed by atoms with Crippen LogP contribution in [-0.4, -0.2) is 47.4 Å². The van der Waals surface area contributed by atoms with Gasteiger partial charge in [0.25, 0.3) is 0 Å². The second-order valence-electron chi connectivity index (χ2n) is 17.5. The Hall–Kier alpha value is -1.66. The van der Waals surface area contributed by atoms with Crippen LogP contribution in [0.25, 0.3) is 0 Å². The van der Waals surface area contributed by atoms with Gasteiger partial charge in [0.1, 0.15) is 0 Å². The van der Waals surface area contributed by atoms with Gasteiger partial charge in [0, 0.05) is 12.8 Å². The minimum absolute atomic E-state index is 0.0113. The molecule has 0 spiro atoms. The van der Waals surface area contributed by atoms with E-state index in [1.54, 1.807) is 6.08 Å². The lowest BCUT2D eigenvalue weighted by atomic mass is 10.0. The Labute approximate surface area is 361 Å². The number of esters is 1. The molecule has 1 amide bonds. The fourth-order valence-electron chi connectivity index (χ4n) is 7.74. The number of carbonyl (C=O) groups excluding carboxylic acids is 2. The predicted molar refractivity (Wildman–Crippen MR) is 250 cm³/mol. The van der Waals surface area contributed by atoms with Gasteiger partial charge in [0.05, 0.1) is 25.4 Å². The minimum Gasteiger partial charge on any atom is -0.466 e. The summed E-state index contributed by atoms with van der Waals surface area (Å²) in [4.78, 5) is 24.4. The topological polar surface area (TPSA) is 95.9 Å². The quantitative estimate of drug-likeness (QED) is 0.0323. The molecule has 342 valence electrons. The number of allylic oxidation sites excluding steroid dienone is 3. The normalized spacial score (nSPS) is 12.8. The summed E-state index contributed by atoms with van der Waals surface area (Å²) in [6.07, 6.45) is 56.0. The van der Waals surface area contributed by atoms with E-state index in [1.165, 1.54) is 186 Å². The fraction of sp³-hybridized carbons (Fsp3) is 0.885. The summed E-state index contributed by atoms with van der Waals surface area (Å²) in [5, 5.41) is 23.0. The molecule has 6 heteroatoms. The van der Waals surface area contributed by atoms with Crippen LogP contribution < -0.4 is 5.32 Å². The number of unbranched alkanes of at least 4 members (excludes halogenated alkanes) is 34. The molecule has 0 aromatic heterocycles. The van der Waals surface area contributed by atoms with Crippen LogP contribution in [0.4, 0.5) is 0 Å². The lowest BCUT2D eigenvalue weighted by Gasteiger charge is -2.20. The lowest BCUT2D eigenvalue weighted by molar-refractivity contribution is -0.143. The number of aliphatic hydroxyl groups excluding tert-OH is 2. The molecule has 58 heavy (non-hydrogen) atoms. The highest BCUT2D eigenvalue weighted by Crippen LogP contribution is 2.15. The zero-order valence-corrected chi connectivity index (χ0v) is 38.8. The van der Waals surface area contributed by atoms with Gasteiger partial charge in [0.15, 0.2) is 0 Å². The van der Waals surface area contributed by atoms with E-state index in [2.05, 4.69) is 31.3 Å².